The van der Waals surface area contributed by atoms with E-state index in [0.29, 0.717) is 0 Å². The second-order valence-corrected chi connectivity index (χ2v) is 1.92. The molecular formula is C6H8O6Zn2. The van der Waals surface area contributed by atoms with Gasteiger partial charge in [-0.15, -0.1) is 0 Å². The average molecular weight is 307 g/mol. The molecule has 0 aromatic rings. The normalized spacial score (nSPS) is 11.7. The zero-order chi connectivity index (χ0) is 10.3. The molecule has 14 heavy (non-hydrogen) atoms. The Kier molecular flexibility index (Phi) is 22.2. The predicted molar refractivity (Wildman–Crippen MR) is 28.9 cm³/mol. The first-order valence-corrected chi connectivity index (χ1v) is 3.02. The Labute approximate surface area is 107 Å². The van der Waals surface area contributed by atoms with Crippen LogP contribution in [-0.4, -0.2) is 24.1 Å². The number of carboxylic acid groups (broad SMARTS) is 2. The third-order valence-electron chi connectivity index (χ3n) is 0.664. The third kappa shape index (κ3) is 22.7. The number of carbonyl (C=O) groups is 2. The van der Waals surface area contributed by atoms with Crippen LogP contribution in [-0.2, 0) is 48.5 Å². The number of hydrogen-bond donors (Lipinski definition) is 0. The smallest absolute Gasteiger partial charge is 0.848 e. The van der Waals surface area contributed by atoms with Crippen molar-refractivity contribution in [2.24, 2.45) is 0 Å². The molecule has 0 N–H and O–H groups in total. The fourth-order valence-corrected chi connectivity index (χ4v) is 0. The Hall–Kier alpha value is 0.107. The van der Waals surface area contributed by atoms with Gasteiger partial charge in [0.1, 0.15) is 0 Å². The van der Waals surface area contributed by atoms with Crippen LogP contribution in [0.15, 0.2) is 0 Å². The molecule has 0 aromatic carbocycles. The van der Waals surface area contributed by atoms with Gasteiger partial charge >= 0.3 is 39.0 Å². The van der Waals surface area contributed by atoms with E-state index in [0.717, 1.165) is 13.8 Å². The Morgan fingerprint density at radius 2 is 0.929 bits per heavy atom. The van der Waals surface area contributed by atoms with Crippen molar-refractivity contribution < 1.29 is 69.0 Å². The molecule has 0 fully saturated rings. The van der Waals surface area contributed by atoms with Gasteiger partial charge in [-0.05, 0) is 0 Å². The first-order chi connectivity index (χ1) is 5.29. The van der Waals surface area contributed by atoms with Crippen molar-refractivity contribution in [3.63, 3.8) is 0 Å². The quantitative estimate of drug-likeness (QED) is 0.470. The fraction of sp³-hybridized carbons (Fsp3) is 0.667. The fourth-order valence-electron chi connectivity index (χ4n) is 0. The zero-order valence-corrected chi connectivity index (χ0v) is 14.0. The maximum absolute atomic E-state index is 9.56. The monoisotopic (exact) mass is 304 g/mol. The second kappa shape index (κ2) is 13.1. The first-order valence-electron chi connectivity index (χ1n) is 3.02. The number of aliphatic carboxylic acids is 2. The molecule has 0 aliphatic rings. The molecule has 0 bridgehead atoms. The maximum atomic E-state index is 9.56. The SMILES string of the molecule is CC([O-])C(=O)[O-].CC([O-])C(=O)[O-].[Zn+2].[Zn+2]. The van der Waals surface area contributed by atoms with Crippen molar-refractivity contribution in [3.8, 4) is 0 Å². The van der Waals surface area contributed by atoms with Crippen LogP contribution in [0.3, 0.4) is 0 Å². The molecule has 0 heterocycles. The summed E-state index contributed by atoms with van der Waals surface area (Å²) in [5.41, 5.74) is 0. The van der Waals surface area contributed by atoms with Gasteiger partial charge in [-0.2, -0.15) is 0 Å². The van der Waals surface area contributed by atoms with Crippen LogP contribution in [0.4, 0.5) is 0 Å². The summed E-state index contributed by atoms with van der Waals surface area (Å²) in [6.07, 6.45) is -3.19. The molecule has 0 rings (SSSR count). The predicted octanol–water partition coefficient (Wildman–Crippen LogP) is -5.03. The summed E-state index contributed by atoms with van der Waals surface area (Å²) < 4.78 is 0. The van der Waals surface area contributed by atoms with Crippen molar-refractivity contribution in [2.75, 3.05) is 0 Å². The Morgan fingerprint density at radius 3 is 0.929 bits per heavy atom. The van der Waals surface area contributed by atoms with Gasteiger partial charge in [0.2, 0.25) is 0 Å². The summed E-state index contributed by atoms with van der Waals surface area (Å²) in [6, 6.07) is 0. The van der Waals surface area contributed by atoms with Gasteiger partial charge in [0.15, 0.2) is 0 Å². The third-order valence-corrected chi connectivity index (χ3v) is 0.664. The zero-order valence-electron chi connectivity index (χ0n) is 8.02. The van der Waals surface area contributed by atoms with Gasteiger partial charge in [0, 0.05) is 11.9 Å². The van der Waals surface area contributed by atoms with Crippen LogP contribution in [0.1, 0.15) is 13.8 Å². The minimum absolute atomic E-state index is 0. The molecule has 0 spiro atoms. The van der Waals surface area contributed by atoms with Crippen LogP contribution in [0.5, 0.6) is 0 Å². The summed E-state index contributed by atoms with van der Waals surface area (Å²) in [7, 11) is 0. The summed E-state index contributed by atoms with van der Waals surface area (Å²) in [4.78, 5) is 18.6. The van der Waals surface area contributed by atoms with Crippen LogP contribution >= 0.6 is 0 Å². The van der Waals surface area contributed by atoms with E-state index < -0.39 is 24.1 Å². The molecule has 0 amide bonds. The summed E-state index contributed by atoms with van der Waals surface area (Å²) in [6.45, 7) is 2.05. The first kappa shape index (κ1) is 23.7. The van der Waals surface area contributed by atoms with Crippen molar-refractivity contribution in [1.82, 2.24) is 0 Å². The van der Waals surface area contributed by atoms with E-state index in [-0.39, 0.29) is 39.0 Å². The van der Waals surface area contributed by atoms with Gasteiger partial charge in [0.25, 0.3) is 0 Å². The Morgan fingerprint density at radius 1 is 0.857 bits per heavy atom. The van der Waals surface area contributed by atoms with Gasteiger partial charge in [-0.25, -0.2) is 0 Å². The summed E-state index contributed by atoms with van der Waals surface area (Å²) in [5.74, 6) is -3.09. The average Bonchev–Trinajstić information content (AvgIpc) is 1.88. The van der Waals surface area contributed by atoms with Crippen LogP contribution in [0.2, 0.25) is 0 Å². The molecular weight excluding hydrogens is 299 g/mol. The van der Waals surface area contributed by atoms with Crippen LogP contribution in [0.25, 0.3) is 0 Å². The number of rotatable bonds is 2. The topological polar surface area (TPSA) is 126 Å². The molecule has 0 aromatic heterocycles. The van der Waals surface area contributed by atoms with Crippen LogP contribution < -0.4 is 20.4 Å². The Bertz CT molecular complexity index is 140. The largest absolute Gasteiger partial charge is 2.00 e. The Balaban J connectivity index is -0.0000000625. The van der Waals surface area contributed by atoms with E-state index in [1.165, 1.54) is 0 Å². The minimum Gasteiger partial charge on any atom is -0.848 e. The van der Waals surface area contributed by atoms with E-state index in [1.807, 2.05) is 0 Å². The molecule has 0 saturated heterocycles. The summed E-state index contributed by atoms with van der Waals surface area (Å²) in [5, 5.41) is 37.7. The number of carboxylic acids is 2. The van der Waals surface area contributed by atoms with Gasteiger partial charge in [0.05, 0.1) is 0 Å². The molecule has 0 saturated carbocycles. The number of hydrogen-bond acceptors (Lipinski definition) is 6. The van der Waals surface area contributed by atoms with Crippen molar-refractivity contribution in [3.05, 3.63) is 0 Å². The van der Waals surface area contributed by atoms with E-state index in [9.17, 15) is 30.0 Å². The molecule has 72 valence electrons. The molecule has 2 unspecified atom stereocenters. The molecule has 8 heteroatoms. The maximum Gasteiger partial charge on any atom is 2.00 e. The van der Waals surface area contributed by atoms with E-state index in [4.69, 9.17) is 0 Å². The number of carbonyl (C=O) groups excluding carboxylic acids is 2. The van der Waals surface area contributed by atoms with E-state index in [1.54, 1.807) is 0 Å². The summed E-state index contributed by atoms with van der Waals surface area (Å²) >= 11 is 0. The van der Waals surface area contributed by atoms with Gasteiger partial charge in [-0.1, -0.05) is 26.1 Å². The van der Waals surface area contributed by atoms with Crippen molar-refractivity contribution >= 4 is 11.9 Å². The van der Waals surface area contributed by atoms with Gasteiger partial charge in [-0.3, -0.25) is 0 Å². The van der Waals surface area contributed by atoms with Crippen molar-refractivity contribution in [1.29, 1.82) is 0 Å². The molecule has 2 atom stereocenters. The second-order valence-electron chi connectivity index (χ2n) is 1.92. The van der Waals surface area contributed by atoms with Crippen molar-refractivity contribution in [2.45, 2.75) is 26.1 Å². The minimum atomic E-state index is -1.59. The molecule has 0 radical (unpaired) electrons. The van der Waals surface area contributed by atoms with E-state index in [2.05, 4.69) is 0 Å². The molecule has 0 aliphatic heterocycles. The molecule has 0 aliphatic carbocycles. The van der Waals surface area contributed by atoms with Crippen LogP contribution in [0, 0.1) is 0 Å². The van der Waals surface area contributed by atoms with Gasteiger partial charge < -0.3 is 30.0 Å². The van der Waals surface area contributed by atoms with E-state index >= 15 is 0 Å². The molecule has 6 nitrogen and oxygen atoms in total. The standard InChI is InChI=1S/2C3H5O3.2Zn/c2*1-2(4)3(5)6;;/h2*2H,1H3,(H,5,6);;/q2*-1;2*+2/p-2.